The van der Waals surface area contributed by atoms with Crippen molar-refractivity contribution in [3.8, 4) is 5.75 Å². The van der Waals surface area contributed by atoms with Crippen LogP contribution >= 0.6 is 11.3 Å². The predicted octanol–water partition coefficient (Wildman–Crippen LogP) is 3.52. The largest absolute Gasteiger partial charge is 0.494 e. The Bertz CT molecular complexity index is 459. The van der Waals surface area contributed by atoms with Gasteiger partial charge < -0.3 is 10.1 Å². The topological polar surface area (TPSA) is 34.1 Å². The lowest BCUT2D eigenvalue weighted by molar-refractivity contribution is 0.285. The van der Waals surface area contributed by atoms with Gasteiger partial charge in [0.1, 0.15) is 5.75 Å². The van der Waals surface area contributed by atoms with Gasteiger partial charge in [0, 0.05) is 17.1 Å². The second kappa shape index (κ2) is 8.72. The molecule has 0 aliphatic carbocycles. The molecule has 0 aliphatic heterocycles. The van der Waals surface area contributed by atoms with Crippen LogP contribution in [-0.2, 0) is 6.42 Å². The van der Waals surface area contributed by atoms with E-state index in [1.807, 2.05) is 42.0 Å². The summed E-state index contributed by atoms with van der Waals surface area (Å²) < 4.78 is 5.78. The quantitative estimate of drug-likeness (QED) is 0.767. The van der Waals surface area contributed by atoms with Gasteiger partial charge in [0.05, 0.1) is 12.1 Å². The van der Waals surface area contributed by atoms with Gasteiger partial charge in [-0.25, -0.2) is 0 Å². The van der Waals surface area contributed by atoms with Gasteiger partial charge in [-0.15, -0.1) is 11.3 Å². The minimum absolute atomic E-state index is 0.458. The van der Waals surface area contributed by atoms with Gasteiger partial charge >= 0.3 is 0 Å². The molecular weight excluding hydrogens is 268 g/mol. The summed E-state index contributed by atoms with van der Waals surface area (Å²) in [6, 6.07) is 10.5. The highest BCUT2D eigenvalue weighted by Crippen LogP contribution is 2.13. The molecule has 20 heavy (non-hydrogen) atoms. The van der Waals surface area contributed by atoms with Gasteiger partial charge in [0.15, 0.2) is 0 Å². The highest BCUT2D eigenvalue weighted by atomic mass is 32.1. The molecule has 2 aromatic rings. The fraction of sp³-hybridized carbons (Fsp3) is 0.438. The van der Waals surface area contributed by atoms with Crippen molar-refractivity contribution in [3.63, 3.8) is 0 Å². The molecule has 0 saturated heterocycles. The highest BCUT2D eigenvalue weighted by molar-refractivity contribution is 7.09. The summed E-state index contributed by atoms with van der Waals surface area (Å²) >= 11 is 1.72. The maximum atomic E-state index is 5.78. The number of rotatable bonds is 9. The Morgan fingerprint density at radius 3 is 2.85 bits per heavy atom. The summed E-state index contributed by atoms with van der Waals surface area (Å²) in [4.78, 5) is 5.47. The Morgan fingerprint density at radius 2 is 2.15 bits per heavy atom. The molecule has 108 valence electrons. The van der Waals surface area contributed by atoms with E-state index in [1.54, 1.807) is 11.3 Å². The average Bonchev–Trinajstić information content (AvgIpc) is 2.98. The number of aromatic nitrogens is 1. The van der Waals surface area contributed by atoms with Gasteiger partial charge in [0.2, 0.25) is 0 Å². The summed E-state index contributed by atoms with van der Waals surface area (Å²) in [6.07, 6.45) is 5.15. The lowest BCUT2D eigenvalue weighted by atomic mass is 10.1. The fourth-order valence-corrected chi connectivity index (χ4v) is 2.72. The molecular formula is C16H22N2OS. The molecule has 0 spiro atoms. The molecule has 0 aliphatic rings. The van der Waals surface area contributed by atoms with Crippen LogP contribution in [0.2, 0.25) is 0 Å². The van der Waals surface area contributed by atoms with E-state index in [4.69, 9.17) is 4.74 Å². The molecule has 0 radical (unpaired) electrons. The molecule has 0 bridgehead atoms. The van der Waals surface area contributed by atoms with Gasteiger partial charge in [-0.2, -0.15) is 0 Å². The smallest absolute Gasteiger partial charge is 0.119 e. The van der Waals surface area contributed by atoms with Gasteiger partial charge in [-0.1, -0.05) is 25.1 Å². The van der Waals surface area contributed by atoms with Crippen molar-refractivity contribution in [2.24, 2.45) is 0 Å². The maximum absolute atomic E-state index is 5.78. The standard InChI is InChI=1S/C16H22N2OS/c1-2-9-18-14(11-16-12-17-13-20-16)8-10-19-15-6-4-3-5-7-15/h3-7,12-14,18H,2,8-11H2,1H3. The van der Waals surface area contributed by atoms with Crippen LogP contribution in [-0.4, -0.2) is 24.2 Å². The van der Waals surface area contributed by atoms with Crippen LogP contribution in [0.4, 0.5) is 0 Å². The molecule has 0 fully saturated rings. The SMILES string of the molecule is CCCNC(CCOc1ccccc1)Cc1cncs1. The molecule has 4 heteroatoms. The number of ether oxygens (including phenoxy) is 1. The number of benzene rings is 1. The zero-order valence-corrected chi connectivity index (χ0v) is 12.7. The molecule has 1 aromatic carbocycles. The highest BCUT2D eigenvalue weighted by Gasteiger charge is 2.10. The Hall–Kier alpha value is -1.39. The molecule has 0 amide bonds. The Labute approximate surface area is 125 Å². The summed E-state index contributed by atoms with van der Waals surface area (Å²) in [5.74, 6) is 0.944. The number of hydrogen-bond donors (Lipinski definition) is 1. The number of thiazole rings is 1. The normalized spacial score (nSPS) is 12.2. The van der Waals surface area contributed by atoms with E-state index in [0.29, 0.717) is 6.04 Å². The average molecular weight is 290 g/mol. The van der Waals surface area contributed by atoms with E-state index >= 15 is 0 Å². The molecule has 0 saturated carbocycles. The van der Waals surface area contributed by atoms with Crippen molar-refractivity contribution in [2.45, 2.75) is 32.2 Å². The third-order valence-electron chi connectivity index (χ3n) is 3.09. The van der Waals surface area contributed by atoms with Crippen LogP contribution in [0.25, 0.3) is 0 Å². The lowest BCUT2D eigenvalue weighted by Crippen LogP contribution is -2.33. The summed E-state index contributed by atoms with van der Waals surface area (Å²) in [5, 5.41) is 3.59. The van der Waals surface area contributed by atoms with Crippen molar-refractivity contribution < 1.29 is 4.74 Å². The molecule has 1 atom stereocenters. The minimum atomic E-state index is 0.458. The fourth-order valence-electron chi connectivity index (χ4n) is 2.05. The third-order valence-corrected chi connectivity index (χ3v) is 3.89. The molecule has 1 unspecified atom stereocenters. The van der Waals surface area contributed by atoms with E-state index in [9.17, 15) is 0 Å². The van der Waals surface area contributed by atoms with E-state index in [2.05, 4.69) is 17.2 Å². The molecule has 1 N–H and O–H groups in total. The first-order chi connectivity index (χ1) is 9.88. The number of para-hydroxylation sites is 1. The lowest BCUT2D eigenvalue weighted by Gasteiger charge is -2.18. The monoisotopic (exact) mass is 290 g/mol. The van der Waals surface area contributed by atoms with Crippen LogP contribution < -0.4 is 10.1 Å². The first-order valence-electron chi connectivity index (χ1n) is 7.17. The predicted molar refractivity (Wildman–Crippen MR) is 84.5 cm³/mol. The first-order valence-corrected chi connectivity index (χ1v) is 8.05. The van der Waals surface area contributed by atoms with Crippen LogP contribution in [0.15, 0.2) is 42.0 Å². The van der Waals surface area contributed by atoms with Crippen LogP contribution in [0, 0.1) is 0 Å². The zero-order chi connectivity index (χ0) is 14.0. The van der Waals surface area contributed by atoms with Gasteiger partial charge in [0.25, 0.3) is 0 Å². The van der Waals surface area contributed by atoms with E-state index in [-0.39, 0.29) is 0 Å². The van der Waals surface area contributed by atoms with Crippen LogP contribution in [0.3, 0.4) is 0 Å². The molecule has 2 rings (SSSR count). The second-order valence-electron chi connectivity index (χ2n) is 4.77. The number of nitrogens with one attached hydrogen (secondary N) is 1. The van der Waals surface area contributed by atoms with Crippen LogP contribution in [0.1, 0.15) is 24.6 Å². The van der Waals surface area contributed by atoms with Crippen molar-refractivity contribution in [2.75, 3.05) is 13.2 Å². The Balaban J connectivity index is 1.78. The van der Waals surface area contributed by atoms with Crippen molar-refractivity contribution in [1.82, 2.24) is 10.3 Å². The maximum Gasteiger partial charge on any atom is 0.119 e. The van der Waals surface area contributed by atoms with Crippen molar-refractivity contribution in [1.29, 1.82) is 0 Å². The third kappa shape index (κ3) is 5.31. The van der Waals surface area contributed by atoms with Crippen LogP contribution in [0.5, 0.6) is 5.75 Å². The molecule has 1 heterocycles. The van der Waals surface area contributed by atoms with Gasteiger partial charge in [-0.3, -0.25) is 4.98 Å². The van der Waals surface area contributed by atoms with E-state index in [0.717, 1.165) is 38.2 Å². The summed E-state index contributed by atoms with van der Waals surface area (Å²) in [5.41, 5.74) is 1.90. The molecule has 3 nitrogen and oxygen atoms in total. The van der Waals surface area contributed by atoms with E-state index < -0.39 is 0 Å². The number of nitrogens with zero attached hydrogens (tertiary/aromatic N) is 1. The minimum Gasteiger partial charge on any atom is -0.494 e. The van der Waals surface area contributed by atoms with Gasteiger partial charge in [-0.05, 0) is 37.9 Å². The molecule has 1 aromatic heterocycles. The van der Waals surface area contributed by atoms with E-state index in [1.165, 1.54) is 4.88 Å². The number of hydrogen-bond acceptors (Lipinski definition) is 4. The Morgan fingerprint density at radius 1 is 1.30 bits per heavy atom. The van der Waals surface area contributed by atoms with Crippen molar-refractivity contribution >= 4 is 11.3 Å². The summed E-state index contributed by atoms with van der Waals surface area (Å²) in [6.45, 7) is 3.98. The first kappa shape index (κ1) is 15.0. The summed E-state index contributed by atoms with van der Waals surface area (Å²) in [7, 11) is 0. The zero-order valence-electron chi connectivity index (χ0n) is 11.9. The van der Waals surface area contributed by atoms with Crippen molar-refractivity contribution in [3.05, 3.63) is 46.9 Å². The second-order valence-corrected chi connectivity index (χ2v) is 5.74. The Kier molecular flexibility index (Phi) is 6.54.